The average Bonchev–Trinajstić information content (AvgIpc) is 3.79. The molecule has 10 aromatic rings. The van der Waals surface area contributed by atoms with Crippen LogP contribution in [0.1, 0.15) is 16.7 Å². The molecule has 0 fully saturated rings. The molecule has 0 aliphatic rings. The summed E-state index contributed by atoms with van der Waals surface area (Å²) < 4.78 is 4.70. The molecule has 2 aromatic heterocycles. The summed E-state index contributed by atoms with van der Waals surface area (Å²) in [6.45, 7) is 1.17. The van der Waals surface area contributed by atoms with Crippen LogP contribution >= 0.6 is 0 Å². The minimum absolute atomic E-state index is 0.525. The van der Waals surface area contributed by atoms with Crippen molar-refractivity contribution in [3.05, 3.63) is 217 Å². The van der Waals surface area contributed by atoms with Crippen molar-refractivity contribution in [2.45, 2.75) is 13.1 Å². The molecule has 2 heterocycles. The van der Waals surface area contributed by atoms with Gasteiger partial charge in [-0.05, 0) is 76.9 Å². The Hall–Kier alpha value is -7.21. The summed E-state index contributed by atoms with van der Waals surface area (Å²) >= 11 is 0. The molecule has 0 saturated carbocycles. The SMILES string of the molecule is NC(=NCc1ccccc1)c1ccccc1-n1c2ccccc2c2c(-c3ccc4c(c3)c3ccccc3n4-c3ccccc3)cccc21.NCc1ccccc1. The molecule has 0 saturated heterocycles. The van der Waals surface area contributed by atoms with Crippen molar-refractivity contribution in [3.63, 3.8) is 0 Å². The molecule has 4 N–H and O–H groups in total. The number of hydrogen-bond donors (Lipinski definition) is 2. The monoisotopic (exact) mass is 723 g/mol. The topological polar surface area (TPSA) is 74.3 Å². The predicted octanol–water partition coefficient (Wildman–Crippen LogP) is 11.6. The van der Waals surface area contributed by atoms with Crippen molar-refractivity contribution in [1.29, 1.82) is 0 Å². The van der Waals surface area contributed by atoms with Crippen LogP contribution < -0.4 is 11.5 Å². The van der Waals surface area contributed by atoms with Crippen molar-refractivity contribution in [3.8, 4) is 22.5 Å². The molecule has 0 unspecified atom stereocenters. The average molecular weight is 724 g/mol. The second-order valence-electron chi connectivity index (χ2n) is 13.9. The quantitative estimate of drug-likeness (QED) is 0.127. The van der Waals surface area contributed by atoms with E-state index in [9.17, 15) is 0 Å². The molecular formula is C51H41N5. The summed E-state index contributed by atoms with van der Waals surface area (Å²) in [5, 5.41) is 4.89. The Balaban J connectivity index is 0.000000459. The number of nitrogens with two attached hydrogens (primary N) is 2. The standard InChI is InChI=1S/C44H32N4.C7H9N/c45-44(46-29-30-14-3-1-4-15-30)36-20-9-12-24-40(36)48-39-23-11-8-19-35(39)43-33(21-13-25-42(43)48)31-26-27-41-37(28-31)34-18-7-10-22-38(34)47(41)32-16-5-2-6-17-32;8-6-7-4-2-1-3-5-7/h1-28H,29H2,(H2,45,46);1-5H,6,8H2. The van der Waals surface area contributed by atoms with E-state index >= 15 is 0 Å². The lowest BCUT2D eigenvalue weighted by molar-refractivity contribution is 1.06. The summed E-state index contributed by atoms with van der Waals surface area (Å²) in [5.74, 6) is 0.525. The smallest absolute Gasteiger partial charge is 0.128 e. The van der Waals surface area contributed by atoms with Crippen LogP contribution in [0.2, 0.25) is 0 Å². The zero-order valence-electron chi connectivity index (χ0n) is 31.0. The Morgan fingerprint density at radius 1 is 0.464 bits per heavy atom. The summed E-state index contributed by atoms with van der Waals surface area (Å²) in [6.07, 6.45) is 0. The maximum atomic E-state index is 6.74. The van der Waals surface area contributed by atoms with Gasteiger partial charge in [0.25, 0.3) is 0 Å². The number of fused-ring (bicyclic) bond motifs is 6. The number of para-hydroxylation sites is 4. The number of aliphatic imine (C=N–C) groups is 1. The Morgan fingerprint density at radius 2 is 1.04 bits per heavy atom. The molecule has 0 spiro atoms. The molecule has 56 heavy (non-hydrogen) atoms. The third-order valence-corrected chi connectivity index (χ3v) is 10.5. The highest BCUT2D eigenvalue weighted by molar-refractivity contribution is 6.18. The van der Waals surface area contributed by atoms with E-state index in [4.69, 9.17) is 16.5 Å². The Labute approximate surface area is 326 Å². The van der Waals surface area contributed by atoms with Crippen molar-refractivity contribution in [2.24, 2.45) is 16.5 Å². The van der Waals surface area contributed by atoms with Gasteiger partial charge in [-0.2, -0.15) is 0 Å². The van der Waals surface area contributed by atoms with Crippen LogP contribution in [0, 0.1) is 0 Å². The second-order valence-corrected chi connectivity index (χ2v) is 13.9. The zero-order chi connectivity index (χ0) is 37.8. The molecule has 0 atom stereocenters. The lowest BCUT2D eigenvalue weighted by Crippen LogP contribution is -2.16. The van der Waals surface area contributed by atoms with E-state index in [1.54, 1.807) is 0 Å². The van der Waals surface area contributed by atoms with E-state index in [0.29, 0.717) is 18.9 Å². The highest BCUT2D eigenvalue weighted by Gasteiger charge is 2.20. The van der Waals surface area contributed by atoms with Crippen molar-refractivity contribution in [1.82, 2.24) is 9.13 Å². The Bertz CT molecular complexity index is 2980. The van der Waals surface area contributed by atoms with Crippen LogP contribution in [0.25, 0.3) is 66.1 Å². The van der Waals surface area contributed by atoms with Gasteiger partial charge in [0.05, 0.1) is 34.3 Å². The second kappa shape index (κ2) is 15.3. The lowest BCUT2D eigenvalue weighted by atomic mass is 9.98. The predicted molar refractivity (Wildman–Crippen MR) is 236 cm³/mol. The molecule has 0 radical (unpaired) electrons. The van der Waals surface area contributed by atoms with E-state index in [-0.39, 0.29) is 0 Å². The highest BCUT2D eigenvalue weighted by atomic mass is 15.0. The van der Waals surface area contributed by atoms with E-state index < -0.39 is 0 Å². The lowest BCUT2D eigenvalue weighted by Gasteiger charge is -2.14. The number of hydrogen-bond acceptors (Lipinski definition) is 2. The first-order chi connectivity index (χ1) is 27.7. The summed E-state index contributed by atoms with van der Waals surface area (Å²) in [7, 11) is 0. The summed E-state index contributed by atoms with van der Waals surface area (Å²) in [6, 6.07) is 70.0. The maximum absolute atomic E-state index is 6.74. The van der Waals surface area contributed by atoms with Crippen LogP contribution in [-0.4, -0.2) is 15.0 Å². The third kappa shape index (κ3) is 6.40. The Kier molecular flexibility index (Phi) is 9.42. The van der Waals surface area contributed by atoms with Crippen LogP contribution in [0.4, 0.5) is 0 Å². The highest BCUT2D eigenvalue weighted by Crippen LogP contribution is 2.41. The molecule has 5 nitrogen and oxygen atoms in total. The molecular weight excluding hydrogens is 683 g/mol. The van der Waals surface area contributed by atoms with Gasteiger partial charge in [0.2, 0.25) is 0 Å². The number of rotatable bonds is 7. The van der Waals surface area contributed by atoms with Gasteiger partial charge in [0.1, 0.15) is 5.84 Å². The first-order valence-electron chi connectivity index (χ1n) is 19.0. The van der Waals surface area contributed by atoms with E-state index in [0.717, 1.165) is 33.5 Å². The fraction of sp³-hybridized carbons (Fsp3) is 0.0392. The fourth-order valence-corrected chi connectivity index (χ4v) is 7.86. The maximum Gasteiger partial charge on any atom is 0.128 e. The number of benzene rings is 8. The molecule has 10 rings (SSSR count). The number of nitrogens with zero attached hydrogens (tertiary/aromatic N) is 3. The van der Waals surface area contributed by atoms with Crippen LogP contribution in [0.15, 0.2) is 205 Å². The fourth-order valence-electron chi connectivity index (χ4n) is 7.86. The molecule has 270 valence electrons. The largest absolute Gasteiger partial charge is 0.383 e. The number of aromatic nitrogens is 2. The van der Waals surface area contributed by atoms with Gasteiger partial charge in [-0.15, -0.1) is 0 Å². The Morgan fingerprint density at radius 3 is 1.75 bits per heavy atom. The normalized spacial score (nSPS) is 11.6. The van der Waals surface area contributed by atoms with Gasteiger partial charge in [-0.1, -0.05) is 146 Å². The van der Waals surface area contributed by atoms with Gasteiger partial charge < -0.3 is 20.6 Å². The van der Waals surface area contributed by atoms with Crippen LogP contribution in [-0.2, 0) is 13.1 Å². The zero-order valence-corrected chi connectivity index (χ0v) is 31.0. The van der Waals surface area contributed by atoms with Crippen LogP contribution in [0.5, 0.6) is 0 Å². The van der Waals surface area contributed by atoms with E-state index in [2.05, 4.69) is 155 Å². The minimum atomic E-state index is 0.525. The summed E-state index contributed by atoms with van der Waals surface area (Å²) in [4.78, 5) is 4.82. The molecule has 0 amide bonds. The molecule has 5 heteroatoms. The van der Waals surface area contributed by atoms with Crippen LogP contribution in [0.3, 0.4) is 0 Å². The molecule has 0 bridgehead atoms. The van der Waals surface area contributed by atoms with Crippen molar-refractivity contribution < 1.29 is 0 Å². The minimum Gasteiger partial charge on any atom is -0.383 e. The third-order valence-electron chi connectivity index (χ3n) is 10.5. The van der Waals surface area contributed by atoms with Gasteiger partial charge in [0, 0.05) is 39.3 Å². The van der Waals surface area contributed by atoms with E-state index in [1.165, 1.54) is 49.3 Å². The van der Waals surface area contributed by atoms with Gasteiger partial charge in [-0.25, -0.2) is 0 Å². The first kappa shape index (κ1) is 34.6. The summed E-state index contributed by atoms with van der Waals surface area (Å²) in [5.41, 5.74) is 24.5. The first-order valence-corrected chi connectivity index (χ1v) is 19.0. The van der Waals surface area contributed by atoms with Gasteiger partial charge in [0.15, 0.2) is 0 Å². The van der Waals surface area contributed by atoms with Crippen molar-refractivity contribution in [2.75, 3.05) is 0 Å². The number of amidine groups is 1. The molecule has 0 aliphatic heterocycles. The molecule has 0 aliphatic carbocycles. The van der Waals surface area contributed by atoms with Gasteiger partial charge >= 0.3 is 0 Å². The van der Waals surface area contributed by atoms with E-state index in [1.807, 2.05) is 54.6 Å². The molecule has 8 aromatic carbocycles. The van der Waals surface area contributed by atoms with Crippen molar-refractivity contribution >= 4 is 49.4 Å². The van der Waals surface area contributed by atoms with Gasteiger partial charge in [-0.3, -0.25) is 4.99 Å².